The summed E-state index contributed by atoms with van der Waals surface area (Å²) >= 11 is 3.38. The van der Waals surface area contributed by atoms with Gasteiger partial charge < -0.3 is 9.64 Å². The maximum Gasteiger partial charge on any atom is 0.130 e. The van der Waals surface area contributed by atoms with Crippen molar-refractivity contribution in [1.29, 1.82) is 0 Å². The molecule has 1 heterocycles. The summed E-state index contributed by atoms with van der Waals surface area (Å²) in [4.78, 5) is 6.65. The molecule has 84 valence electrons. The summed E-state index contributed by atoms with van der Waals surface area (Å²) in [6, 6.07) is 6.36. The second-order valence-corrected chi connectivity index (χ2v) is 4.41. The SMILES string of the molecule is COCCN(c1cccc(Br)n1)C(C)C. The van der Waals surface area contributed by atoms with Crippen molar-refractivity contribution < 1.29 is 4.74 Å². The largest absolute Gasteiger partial charge is 0.383 e. The minimum absolute atomic E-state index is 0.418. The number of hydrogen-bond donors (Lipinski definition) is 0. The van der Waals surface area contributed by atoms with Crippen LogP contribution in [0.25, 0.3) is 0 Å². The molecule has 0 radical (unpaired) electrons. The quantitative estimate of drug-likeness (QED) is 0.771. The predicted octanol–water partition coefficient (Wildman–Crippen LogP) is 2.71. The van der Waals surface area contributed by atoms with Gasteiger partial charge in [0, 0.05) is 19.7 Å². The molecule has 1 rings (SSSR count). The standard InChI is InChI=1S/C11H17BrN2O/c1-9(2)14(7-8-15-3)11-6-4-5-10(12)13-11/h4-6,9H,7-8H2,1-3H3. The van der Waals surface area contributed by atoms with Crippen LogP contribution < -0.4 is 4.90 Å². The lowest BCUT2D eigenvalue weighted by Crippen LogP contribution is -2.34. The minimum atomic E-state index is 0.418. The normalized spacial score (nSPS) is 10.7. The van der Waals surface area contributed by atoms with Gasteiger partial charge in [0.25, 0.3) is 0 Å². The van der Waals surface area contributed by atoms with Gasteiger partial charge in [0.1, 0.15) is 10.4 Å². The van der Waals surface area contributed by atoms with Crippen LogP contribution >= 0.6 is 15.9 Å². The molecule has 0 amide bonds. The maximum atomic E-state index is 5.09. The second-order valence-electron chi connectivity index (χ2n) is 3.60. The molecule has 3 nitrogen and oxygen atoms in total. The third kappa shape index (κ3) is 3.80. The van der Waals surface area contributed by atoms with Gasteiger partial charge in [-0.2, -0.15) is 0 Å². The lowest BCUT2D eigenvalue weighted by Gasteiger charge is -2.27. The highest BCUT2D eigenvalue weighted by Gasteiger charge is 2.11. The molecule has 0 atom stereocenters. The molecule has 1 aromatic heterocycles. The van der Waals surface area contributed by atoms with E-state index < -0.39 is 0 Å². The highest BCUT2D eigenvalue weighted by atomic mass is 79.9. The number of anilines is 1. The van der Waals surface area contributed by atoms with E-state index in [-0.39, 0.29) is 0 Å². The van der Waals surface area contributed by atoms with Gasteiger partial charge in [0.05, 0.1) is 6.61 Å². The lowest BCUT2D eigenvalue weighted by molar-refractivity contribution is 0.203. The molecule has 0 N–H and O–H groups in total. The number of nitrogens with zero attached hydrogens (tertiary/aromatic N) is 2. The zero-order chi connectivity index (χ0) is 11.3. The first-order valence-corrected chi connectivity index (χ1v) is 5.82. The molecule has 0 spiro atoms. The van der Waals surface area contributed by atoms with Crippen molar-refractivity contribution >= 4 is 21.7 Å². The summed E-state index contributed by atoms with van der Waals surface area (Å²) in [7, 11) is 1.72. The van der Waals surface area contributed by atoms with E-state index in [9.17, 15) is 0 Å². The first-order valence-electron chi connectivity index (χ1n) is 5.03. The fourth-order valence-corrected chi connectivity index (χ4v) is 1.72. The van der Waals surface area contributed by atoms with Crippen molar-refractivity contribution in [3.05, 3.63) is 22.8 Å². The van der Waals surface area contributed by atoms with E-state index >= 15 is 0 Å². The Morgan fingerprint density at radius 1 is 1.47 bits per heavy atom. The lowest BCUT2D eigenvalue weighted by atomic mass is 10.3. The van der Waals surface area contributed by atoms with E-state index in [1.165, 1.54) is 0 Å². The summed E-state index contributed by atoms with van der Waals surface area (Å²) in [5, 5.41) is 0. The van der Waals surface area contributed by atoms with Gasteiger partial charge >= 0.3 is 0 Å². The molecule has 4 heteroatoms. The minimum Gasteiger partial charge on any atom is -0.383 e. The Labute approximate surface area is 99.6 Å². The van der Waals surface area contributed by atoms with E-state index in [1.807, 2.05) is 18.2 Å². The number of hydrogen-bond acceptors (Lipinski definition) is 3. The summed E-state index contributed by atoms with van der Waals surface area (Å²) in [5.74, 6) is 0.983. The molecule has 0 aromatic carbocycles. The fraction of sp³-hybridized carbons (Fsp3) is 0.545. The molecule has 0 saturated heterocycles. The Morgan fingerprint density at radius 2 is 2.20 bits per heavy atom. The predicted molar refractivity (Wildman–Crippen MR) is 66.3 cm³/mol. The Bertz CT molecular complexity index is 304. The van der Waals surface area contributed by atoms with Crippen LogP contribution in [0, 0.1) is 0 Å². The van der Waals surface area contributed by atoms with Crippen molar-refractivity contribution in [2.24, 2.45) is 0 Å². The summed E-state index contributed by atoms with van der Waals surface area (Å²) < 4.78 is 5.96. The van der Waals surface area contributed by atoms with Crippen LogP contribution in [-0.2, 0) is 4.74 Å². The first kappa shape index (κ1) is 12.5. The van der Waals surface area contributed by atoms with Gasteiger partial charge in [-0.25, -0.2) is 4.98 Å². The van der Waals surface area contributed by atoms with Crippen molar-refractivity contribution in [2.45, 2.75) is 19.9 Å². The Hall–Kier alpha value is -0.610. The number of methoxy groups -OCH3 is 1. The van der Waals surface area contributed by atoms with E-state index in [0.29, 0.717) is 12.6 Å². The summed E-state index contributed by atoms with van der Waals surface area (Å²) in [6.07, 6.45) is 0. The Balaban J connectivity index is 2.79. The van der Waals surface area contributed by atoms with Gasteiger partial charge in [-0.3, -0.25) is 0 Å². The number of aromatic nitrogens is 1. The van der Waals surface area contributed by atoms with Crippen LogP contribution in [0.3, 0.4) is 0 Å². The topological polar surface area (TPSA) is 25.4 Å². The van der Waals surface area contributed by atoms with Crippen molar-refractivity contribution in [2.75, 3.05) is 25.2 Å². The Morgan fingerprint density at radius 3 is 2.73 bits per heavy atom. The molecule has 15 heavy (non-hydrogen) atoms. The third-order valence-corrected chi connectivity index (χ3v) is 2.60. The highest BCUT2D eigenvalue weighted by molar-refractivity contribution is 9.10. The third-order valence-electron chi connectivity index (χ3n) is 2.15. The van der Waals surface area contributed by atoms with Crippen molar-refractivity contribution in [3.8, 4) is 0 Å². The van der Waals surface area contributed by atoms with Gasteiger partial charge in [-0.05, 0) is 41.9 Å². The van der Waals surface area contributed by atoms with Crippen molar-refractivity contribution in [3.63, 3.8) is 0 Å². The van der Waals surface area contributed by atoms with E-state index in [0.717, 1.165) is 17.0 Å². The number of ether oxygens (including phenoxy) is 1. The average Bonchev–Trinajstić information content (AvgIpc) is 2.18. The van der Waals surface area contributed by atoms with Gasteiger partial charge in [0.2, 0.25) is 0 Å². The van der Waals surface area contributed by atoms with Crippen LogP contribution in [0.2, 0.25) is 0 Å². The van der Waals surface area contributed by atoms with Crippen molar-refractivity contribution in [1.82, 2.24) is 4.98 Å². The molecule has 0 aliphatic heterocycles. The van der Waals surface area contributed by atoms with Crippen LogP contribution in [0.1, 0.15) is 13.8 Å². The van der Waals surface area contributed by atoms with Crippen LogP contribution in [0.4, 0.5) is 5.82 Å². The second kappa shape index (κ2) is 6.08. The summed E-state index contributed by atoms with van der Waals surface area (Å²) in [5.41, 5.74) is 0. The molecule has 0 aliphatic rings. The van der Waals surface area contributed by atoms with Crippen LogP contribution in [0.5, 0.6) is 0 Å². The van der Waals surface area contributed by atoms with Gasteiger partial charge in [0.15, 0.2) is 0 Å². The average molecular weight is 273 g/mol. The van der Waals surface area contributed by atoms with E-state index in [4.69, 9.17) is 4.74 Å². The molecule has 0 fully saturated rings. The monoisotopic (exact) mass is 272 g/mol. The molecular formula is C11H17BrN2O. The van der Waals surface area contributed by atoms with Gasteiger partial charge in [-0.15, -0.1) is 0 Å². The van der Waals surface area contributed by atoms with E-state index in [2.05, 4.69) is 39.7 Å². The number of halogens is 1. The zero-order valence-electron chi connectivity index (χ0n) is 9.40. The molecule has 1 aromatic rings. The van der Waals surface area contributed by atoms with Gasteiger partial charge in [-0.1, -0.05) is 6.07 Å². The van der Waals surface area contributed by atoms with Crippen LogP contribution in [-0.4, -0.2) is 31.3 Å². The molecule has 0 unspecified atom stereocenters. The smallest absolute Gasteiger partial charge is 0.130 e. The zero-order valence-corrected chi connectivity index (χ0v) is 11.0. The molecule has 0 aliphatic carbocycles. The Kier molecular flexibility index (Phi) is 5.05. The maximum absolute atomic E-state index is 5.09. The van der Waals surface area contributed by atoms with E-state index in [1.54, 1.807) is 7.11 Å². The number of pyridine rings is 1. The molecule has 0 bridgehead atoms. The first-order chi connectivity index (χ1) is 7.15. The highest BCUT2D eigenvalue weighted by Crippen LogP contribution is 2.16. The number of rotatable bonds is 5. The molecular weight excluding hydrogens is 256 g/mol. The fourth-order valence-electron chi connectivity index (χ4n) is 1.38. The molecule has 0 saturated carbocycles. The van der Waals surface area contributed by atoms with Crippen LogP contribution in [0.15, 0.2) is 22.8 Å². The summed E-state index contributed by atoms with van der Waals surface area (Å²) in [6.45, 7) is 5.88.